The van der Waals surface area contributed by atoms with E-state index in [2.05, 4.69) is 20.8 Å². The molecule has 0 saturated heterocycles. The van der Waals surface area contributed by atoms with Crippen LogP contribution in [0.2, 0.25) is 0 Å². The van der Waals surface area contributed by atoms with Crippen LogP contribution in [-0.4, -0.2) is 37.2 Å². The highest BCUT2D eigenvalue weighted by Gasteiger charge is 2.19. The van der Waals surface area contributed by atoms with Gasteiger partial charge in [0.15, 0.2) is 6.10 Å². The van der Waals surface area contributed by atoms with Crippen LogP contribution in [0.1, 0.15) is 303 Å². The summed E-state index contributed by atoms with van der Waals surface area (Å²) in [5, 5.41) is 0. The molecule has 6 heteroatoms. The number of esters is 3. The standard InChI is InChI=1S/C53H102O6/c1-4-7-10-13-16-19-22-25-26-27-29-32-34-37-40-43-46-52(55)58-49-50(59-53(56)47-44-41-38-35-30-24-21-18-15-12-9-6-3)48-57-51(54)45-42-39-36-33-31-28-23-20-17-14-11-8-5-2/h50H,4-49H2,1-3H3/t50-/m0/s1. The minimum Gasteiger partial charge on any atom is -0.462 e. The van der Waals surface area contributed by atoms with Gasteiger partial charge in [0.25, 0.3) is 0 Å². The van der Waals surface area contributed by atoms with Gasteiger partial charge in [-0.3, -0.25) is 14.4 Å². The third-order valence-electron chi connectivity index (χ3n) is 12.1. The SMILES string of the molecule is CCCCCCCCCCCCCCCCCCC(=O)OC[C@H](COC(=O)CCCCCCCCCCCCCCC)OC(=O)CCCCCCCCCCCCCC. The van der Waals surface area contributed by atoms with Gasteiger partial charge in [-0.25, -0.2) is 0 Å². The molecule has 350 valence electrons. The van der Waals surface area contributed by atoms with E-state index in [1.54, 1.807) is 0 Å². The summed E-state index contributed by atoms with van der Waals surface area (Å²) in [6, 6.07) is 0. The van der Waals surface area contributed by atoms with E-state index in [9.17, 15) is 14.4 Å². The molecule has 0 unspecified atom stereocenters. The molecule has 6 nitrogen and oxygen atoms in total. The van der Waals surface area contributed by atoms with Gasteiger partial charge in [0.05, 0.1) is 0 Å². The lowest BCUT2D eigenvalue weighted by Gasteiger charge is -2.18. The Morgan fingerprint density at radius 2 is 0.458 bits per heavy atom. The van der Waals surface area contributed by atoms with Gasteiger partial charge in [-0.15, -0.1) is 0 Å². The van der Waals surface area contributed by atoms with E-state index in [-0.39, 0.29) is 31.1 Å². The molecule has 0 radical (unpaired) electrons. The van der Waals surface area contributed by atoms with E-state index in [0.717, 1.165) is 57.8 Å². The number of rotatable bonds is 49. The van der Waals surface area contributed by atoms with Gasteiger partial charge in [-0.2, -0.15) is 0 Å². The molecule has 0 aromatic heterocycles. The first kappa shape index (κ1) is 57.4. The van der Waals surface area contributed by atoms with E-state index in [1.807, 2.05) is 0 Å². The fourth-order valence-corrected chi connectivity index (χ4v) is 8.09. The highest BCUT2D eigenvalue weighted by molar-refractivity contribution is 5.71. The quantitative estimate of drug-likeness (QED) is 0.0345. The van der Waals surface area contributed by atoms with E-state index >= 15 is 0 Å². The van der Waals surface area contributed by atoms with E-state index < -0.39 is 6.10 Å². The highest BCUT2D eigenvalue weighted by atomic mass is 16.6. The average molecular weight is 835 g/mol. The molecule has 0 bridgehead atoms. The zero-order chi connectivity index (χ0) is 43.0. The van der Waals surface area contributed by atoms with E-state index in [4.69, 9.17) is 14.2 Å². The van der Waals surface area contributed by atoms with Crippen molar-refractivity contribution in [2.24, 2.45) is 0 Å². The summed E-state index contributed by atoms with van der Waals surface area (Å²) in [5.41, 5.74) is 0. The lowest BCUT2D eigenvalue weighted by molar-refractivity contribution is -0.167. The van der Waals surface area contributed by atoms with Crippen LogP contribution >= 0.6 is 0 Å². The van der Waals surface area contributed by atoms with Crippen molar-refractivity contribution < 1.29 is 28.6 Å². The molecular formula is C53H102O6. The number of carbonyl (C=O) groups is 3. The molecule has 0 aliphatic carbocycles. The third-order valence-corrected chi connectivity index (χ3v) is 12.1. The summed E-state index contributed by atoms with van der Waals surface area (Å²) in [6.07, 6.45) is 52.2. The average Bonchev–Trinajstić information content (AvgIpc) is 3.23. The normalized spacial score (nSPS) is 11.8. The first-order valence-electron chi connectivity index (χ1n) is 26.5. The minimum absolute atomic E-state index is 0.0616. The summed E-state index contributed by atoms with van der Waals surface area (Å²) in [7, 11) is 0. The molecule has 0 rings (SSSR count). The second kappa shape index (κ2) is 49.1. The molecule has 0 heterocycles. The molecule has 0 spiro atoms. The van der Waals surface area contributed by atoms with Crippen molar-refractivity contribution in [3.8, 4) is 0 Å². The lowest BCUT2D eigenvalue weighted by Crippen LogP contribution is -2.30. The Kier molecular flexibility index (Phi) is 47.7. The zero-order valence-corrected chi connectivity index (χ0v) is 40.1. The summed E-state index contributed by atoms with van der Waals surface area (Å²) >= 11 is 0. The van der Waals surface area contributed by atoms with Crippen molar-refractivity contribution in [1.29, 1.82) is 0 Å². The first-order chi connectivity index (χ1) is 29.0. The molecule has 0 aromatic rings. The van der Waals surface area contributed by atoms with Crippen LogP contribution in [0.4, 0.5) is 0 Å². The zero-order valence-electron chi connectivity index (χ0n) is 40.1. The number of unbranched alkanes of at least 4 members (excludes halogenated alkanes) is 38. The highest BCUT2D eigenvalue weighted by Crippen LogP contribution is 2.17. The van der Waals surface area contributed by atoms with Crippen LogP contribution in [0.15, 0.2) is 0 Å². The molecule has 0 aromatic carbocycles. The number of ether oxygens (including phenoxy) is 3. The van der Waals surface area contributed by atoms with Gasteiger partial charge < -0.3 is 14.2 Å². The fourth-order valence-electron chi connectivity index (χ4n) is 8.09. The van der Waals surface area contributed by atoms with Crippen LogP contribution < -0.4 is 0 Å². The smallest absolute Gasteiger partial charge is 0.306 e. The topological polar surface area (TPSA) is 78.9 Å². The van der Waals surface area contributed by atoms with Gasteiger partial charge in [-0.1, -0.05) is 265 Å². The van der Waals surface area contributed by atoms with E-state index in [0.29, 0.717) is 19.3 Å². The van der Waals surface area contributed by atoms with E-state index in [1.165, 1.54) is 205 Å². The van der Waals surface area contributed by atoms with Crippen molar-refractivity contribution in [3.63, 3.8) is 0 Å². The van der Waals surface area contributed by atoms with Crippen molar-refractivity contribution in [3.05, 3.63) is 0 Å². The second-order valence-corrected chi connectivity index (χ2v) is 18.2. The summed E-state index contributed by atoms with van der Waals surface area (Å²) < 4.78 is 16.8. The van der Waals surface area contributed by atoms with Gasteiger partial charge >= 0.3 is 17.9 Å². The van der Waals surface area contributed by atoms with Gasteiger partial charge in [0, 0.05) is 19.3 Å². The molecule has 59 heavy (non-hydrogen) atoms. The monoisotopic (exact) mass is 835 g/mol. The van der Waals surface area contributed by atoms with Gasteiger partial charge in [-0.05, 0) is 19.3 Å². The predicted molar refractivity (Wildman–Crippen MR) is 252 cm³/mol. The molecular weight excluding hydrogens is 733 g/mol. The molecule has 0 aliphatic rings. The Morgan fingerprint density at radius 1 is 0.271 bits per heavy atom. The third kappa shape index (κ3) is 47.3. The largest absolute Gasteiger partial charge is 0.462 e. The van der Waals surface area contributed by atoms with Crippen LogP contribution in [-0.2, 0) is 28.6 Å². The molecule has 0 fully saturated rings. The molecule has 0 amide bonds. The molecule has 0 saturated carbocycles. The van der Waals surface area contributed by atoms with Crippen LogP contribution in [0.5, 0.6) is 0 Å². The Morgan fingerprint density at radius 3 is 0.678 bits per heavy atom. The number of hydrogen-bond acceptors (Lipinski definition) is 6. The Balaban J connectivity index is 4.28. The Labute approximate surface area is 368 Å². The lowest BCUT2D eigenvalue weighted by atomic mass is 10.0. The van der Waals surface area contributed by atoms with Crippen molar-refractivity contribution in [2.75, 3.05) is 13.2 Å². The van der Waals surface area contributed by atoms with Crippen molar-refractivity contribution in [1.82, 2.24) is 0 Å². The summed E-state index contributed by atoms with van der Waals surface area (Å²) in [6.45, 7) is 6.68. The molecule has 1 atom stereocenters. The predicted octanol–water partition coefficient (Wildman–Crippen LogP) is 17.2. The summed E-state index contributed by atoms with van der Waals surface area (Å²) in [5.74, 6) is -0.839. The summed E-state index contributed by atoms with van der Waals surface area (Å²) in [4.78, 5) is 37.9. The maximum absolute atomic E-state index is 12.8. The van der Waals surface area contributed by atoms with Crippen LogP contribution in [0.3, 0.4) is 0 Å². The maximum atomic E-state index is 12.8. The molecule has 0 aliphatic heterocycles. The Hall–Kier alpha value is -1.59. The van der Waals surface area contributed by atoms with Gasteiger partial charge in [0.1, 0.15) is 13.2 Å². The number of carbonyl (C=O) groups excluding carboxylic acids is 3. The first-order valence-corrected chi connectivity index (χ1v) is 26.5. The molecule has 0 N–H and O–H groups in total. The van der Waals surface area contributed by atoms with Crippen LogP contribution in [0, 0.1) is 0 Å². The van der Waals surface area contributed by atoms with Gasteiger partial charge in [0.2, 0.25) is 0 Å². The van der Waals surface area contributed by atoms with Crippen molar-refractivity contribution in [2.45, 2.75) is 309 Å². The number of hydrogen-bond donors (Lipinski definition) is 0. The minimum atomic E-state index is -0.759. The maximum Gasteiger partial charge on any atom is 0.306 e. The Bertz CT molecular complexity index is 874. The van der Waals surface area contributed by atoms with Crippen LogP contribution in [0.25, 0.3) is 0 Å². The fraction of sp³-hybridized carbons (Fsp3) is 0.943. The second-order valence-electron chi connectivity index (χ2n) is 18.2. The van der Waals surface area contributed by atoms with Crippen molar-refractivity contribution >= 4 is 17.9 Å².